The largest absolute Gasteiger partial charge is 0.465 e. The van der Waals surface area contributed by atoms with E-state index < -0.39 is 0 Å². The molecule has 6 nitrogen and oxygen atoms in total. The Morgan fingerprint density at radius 1 is 1.26 bits per heavy atom. The second kappa shape index (κ2) is 5.34. The van der Waals surface area contributed by atoms with Gasteiger partial charge in [0.25, 0.3) is 0 Å². The molecule has 6 heteroatoms. The molecule has 98 valence electrons. The van der Waals surface area contributed by atoms with E-state index in [9.17, 15) is 4.79 Å². The van der Waals surface area contributed by atoms with Crippen molar-refractivity contribution < 1.29 is 9.53 Å². The van der Waals surface area contributed by atoms with Crippen LogP contribution in [-0.4, -0.2) is 30.1 Å². The molecule has 2 aromatic rings. The minimum Gasteiger partial charge on any atom is -0.465 e. The fourth-order valence-electron chi connectivity index (χ4n) is 1.64. The summed E-state index contributed by atoms with van der Waals surface area (Å²) in [7, 11) is 3.10. The molecule has 0 saturated heterocycles. The molecule has 0 aliphatic carbocycles. The molecule has 0 radical (unpaired) electrons. The van der Waals surface area contributed by atoms with Crippen molar-refractivity contribution in [3.05, 3.63) is 35.9 Å². The highest BCUT2D eigenvalue weighted by atomic mass is 16.5. The Morgan fingerprint density at radius 2 is 1.95 bits per heavy atom. The highest BCUT2D eigenvalue weighted by molar-refractivity contribution is 5.89. The molecule has 0 atom stereocenters. The third-order valence-electron chi connectivity index (χ3n) is 2.60. The number of ether oxygens (including phenoxy) is 1. The smallest absolute Gasteiger partial charge is 0.337 e. The van der Waals surface area contributed by atoms with Gasteiger partial charge in [-0.25, -0.2) is 9.78 Å². The molecule has 0 bridgehead atoms. The lowest BCUT2D eigenvalue weighted by atomic mass is 10.1. The number of rotatable bonds is 3. The molecule has 1 heterocycles. The zero-order chi connectivity index (χ0) is 13.8. The number of methoxy groups -OCH3 is 1. The number of carbonyl (C=O) groups is 1. The molecule has 1 aromatic carbocycles. The van der Waals surface area contributed by atoms with E-state index in [-0.39, 0.29) is 11.9 Å². The van der Waals surface area contributed by atoms with Crippen molar-refractivity contribution in [2.45, 2.75) is 0 Å². The summed E-state index contributed by atoms with van der Waals surface area (Å²) in [5, 5.41) is 2.91. The van der Waals surface area contributed by atoms with E-state index in [1.165, 1.54) is 7.11 Å². The number of aromatic nitrogens is 2. The Hall–Kier alpha value is -2.63. The number of hydrogen-bond donors (Lipinski definition) is 2. The molecule has 2 rings (SSSR count). The first-order chi connectivity index (χ1) is 9.13. The molecular weight excluding hydrogens is 244 g/mol. The van der Waals surface area contributed by atoms with Gasteiger partial charge in [-0.2, -0.15) is 4.98 Å². The lowest BCUT2D eigenvalue weighted by molar-refractivity contribution is 0.0601. The van der Waals surface area contributed by atoms with Crippen LogP contribution in [0.4, 0.5) is 11.8 Å². The molecule has 0 spiro atoms. The van der Waals surface area contributed by atoms with E-state index in [2.05, 4.69) is 20.0 Å². The predicted octanol–water partition coefficient (Wildman–Crippen LogP) is 1.55. The molecule has 0 amide bonds. The molecule has 3 N–H and O–H groups in total. The summed E-state index contributed by atoms with van der Waals surface area (Å²) in [6, 6.07) is 8.71. The Bertz CT molecular complexity index is 596. The van der Waals surface area contributed by atoms with E-state index >= 15 is 0 Å². The number of nitrogens with zero attached hydrogens (tertiary/aromatic N) is 2. The maximum absolute atomic E-state index is 11.3. The van der Waals surface area contributed by atoms with Crippen molar-refractivity contribution >= 4 is 17.7 Å². The first kappa shape index (κ1) is 12.8. The normalized spacial score (nSPS) is 10.0. The summed E-state index contributed by atoms with van der Waals surface area (Å²) in [5.41, 5.74) is 7.66. The van der Waals surface area contributed by atoms with E-state index in [0.29, 0.717) is 17.1 Å². The number of carbonyl (C=O) groups excluding carboxylic acids is 1. The van der Waals surface area contributed by atoms with E-state index in [1.54, 1.807) is 37.4 Å². The van der Waals surface area contributed by atoms with Crippen molar-refractivity contribution in [3.8, 4) is 11.3 Å². The van der Waals surface area contributed by atoms with Crippen molar-refractivity contribution in [2.24, 2.45) is 0 Å². The third-order valence-corrected chi connectivity index (χ3v) is 2.60. The van der Waals surface area contributed by atoms with Crippen LogP contribution in [-0.2, 0) is 4.74 Å². The lowest BCUT2D eigenvalue weighted by Gasteiger charge is -2.06. The first-order valence-corrected chi connectivity index (χ1v) is 5.65. The van der Waals surface area contributed by atoms with Crippen molar-refractivity contribution in [3.63, 3.8) is 0 Å². The van der Waals surface area contributed by atoms with Gasteiger partial charge in [-0.3, -0.25) is 0 Å². The summed E-state index contributed by atoms with van der Waals surface area (Å²) in [5.74, 6) is 0.461. The highest BCUT2D eigenvalue weighted by Gasteiger charge is 2.07. The minimum atomic E-state index is -0.371. The van der Waals surface area contributed by atoms with Crippen LogP contribution in [0.2, 0.25) is 0 Å². The minimum absolute atomic E-state index is 0.193. The summed E-state index contributed by atoms with van der Waals surface area (Å²) in [6.45, 7) is 0. The topological polar surface area (TPSA) is 90.1 Å². The van der Waals surface area contributed by atoms with Gasteiger partial charge < -0.3 is 15.8 Å². The van der Waals surface area contributed by atoms with Crippen LogP contribution in [0.5, 0.6) is 0 Å². The maximum atomic E-state index is 11.3. The van der Waals surface area contributed by atoms with Gasteiger partial charge in [-0.05, 0) is 12.1 Å². The van der Waals surface area contributed by atoms with E-state index in [1.807, 2.05) is 0 Å². The highest BCUT2D eigenvalue weighted by Crippen LogP contribution is 2.21. The first-order valence-electron chi connectivity index (χ1n) is 5.65. The monoisotopic (exact) mass is 258 g/mol. The number of hydrogen-bond acceptors (Lipinski definition) is 6. The maximum Gasteiger partial charge on any atom is 0.337 e. The van der Waals surface area contributed by atoms with Crippen LogP contribution in [0, 0.1) is 0 Å². The second-order valence-corrected chi connectivity index (χ2v) is 3.82. The molecule has 0 saturated carbocycles. The molecule has 19 heavy (non-hydrogen) atoms. The van der Waals surface area contributed by atoms with Crippen LogP contribution in [0.1, 0.15) is 10.4 Å². The van der Waals surface area contributed by atoms with Crippen molar-refractivity contribution in [2.75, 3.05) is 25.2 Å². The van der Waals surface area contributed by atoms with Gasteiger partial charge in [0.1, 0.15) is 5.82 Å². The Kier molecular flexibility index (Phi) is 3.61. The van der Waals surface area contributed by atoms with Crippen LogP contribution >= 0.6 is 0 Å². The number of benzene rings is 1. The SMILES string of the molecule is CNc1cc(-c2ccc(C(=O)OC)cc2)nc(N)n1. The molecule has 0 unspecified atom stereocenters. The molecule has 0 fully saturated rings. The Morgan fingerprint density at radius 3 is 2.53 bits per heavy atom. The van der Waals surface area contributed by atoms with Gasteiger partial charge in [-0.15, -0.1) is 0 Å². The summed E-state index contributed by atoms with van der Waals surface area (Å²) >= 11 is 0. The van der Waals surface area contributed by atoms with Gasteiger partial charge in [0.2, 0.25) is 5.95 Å². The molecule has 0 aliphatic rings. The fourth-order valence-corrected chi connectivity index (χ4v) is 1.64. The van der Waals surface area contributed by atoms with Gasteiger partial charge >= 0.3 is 5.97 Å². The number of nitrogens with one attached hydrogen (secondary N) is 1. The lowest BCUT2D eigenvalue weighted by Crippen LogP contribution is -2.02. The summed E-state index contributed by atoms with van der Waals surface area (Å²) in [6.07, 6.45) is 0. The van der Waals surface area contributed by atoms with Crippen LogP contribution < -0.4 is 11.1 Å². The zero-order valence-electron chi connectivity index (χ0n) is 10.7. The molecule has 0 aliphatic heterocycles. The van der Waals surface area contributed by atoms with E-state index in [4.69, 9.17) is 5.73 Å². The summed E-state index contributed by atoms with van der Waals surface area (Å²) < 4.78 is 4.64. The summed E-state index contributed by atoms with van der Waals surface area (Å²) in [4.78, 5) is 19.5. The number of nitrogens with two attached hydrogens (primary N) is 1. The number of esters is 1. The average Bonchev–Trinajstić information content (AvgIpc) is 2.46. The Labute approximate surface area is 110 Å². The van der Waals surface area contributed by atoms with Crippen LogP contribution in [0.25, 0.3) is 11.3 Å². The van der Waals surface area contributed by atoms with Gasteiger partial charge in [-0.1, -0.05) is 12.1 Å². The quantitative estimate of drug-likeness (QED) is 0.812. The second-order valence-electron chi connectivity index (χ2n) is 3.82. The van der Waals surface area contributed by atoms with Crippen molar-refractivity contribution in [1.82, 2.24) is 9.97 Å². The third kappa shape index (κ3) is 2.79. The molecular formula is C13H14N4O2. The zero-order valence-corrected chi connectivity index (χ0v) is 10.7. The van der Waals surface area contributed by atoms with Crippen molar-refractivity contribution in [1.29, 1.82) is 0 Å². The predicted molar refractivity (Wildman–Crippen MR) is 72.8 cm³/mol. The standard InChI is InChI=1S/C13H14N4O2/c1-15-11-7-10(16-13(14)17-11)8-3-5-9(6-4-8)12(18)19-2/h3-7H,1-2H3,(H3,14,15,16,17). The van der Waals surface area contributed by atoms with Gasteiger partial charge in [0, 0.05) is 18.7 Å². The Balaban J connectivity index is 2.37. The van der Waals surface area contributed by atoms with Crippen LogP contribution in [0.3, 0.4) is 0 Å². The van der Waals surface area contributed by atoms with Crippen LogP contribution in [0.15, 0.2) is 30.3 Å². The van der Waals surface area contributed by atoms with E-state index in [0.717, 1.165) is 5.56 Å². The fraction of sp³-hybridized carbons (Fsp3) is 0.154. The van der Waals surface area contributed by atoms with Gasteiger partial charge in [0.15, 0.2) is 0 Å². The van der Waals surface area contributed by atoms with Gasteiger partial charge in [0.05, 0.1) is 18.4 Å². The number of nitrogen functional groups attached to an aromatic ring is 1. The number of anilines is 2. The molecule has 1 aromatic heterocycles. The average molecular weight is 258 g/mol.